The van der Waals surface area contributed by atoms with E-state index in [9.17, 15) is 22.8 Å². The Balaban J connectivity index is 1.44. The van der Waals surface area contributed by atoms with Crippen LogP contribution in [0.25, 0.3) is 28.2 Å². The van der Waals surface area contributed by atoms with Crippen LogP contribution in [-0.4, -0.2) is 97.5 Å². The molecule has 2 atom stereocenters. The third-order valence-corrected chi connectivity index (χ3v) is 12.2. The number of rotatable bonds is 8. The SMILES string of the molecule is COc1ccc2c(c1)C=C(C(=O)N(C)CC1CCC(C)N1C(=O)OC(C)(C)C)Cn1c-2c(C2CCCCC2)c2ccc(C(=O)NS(=O)(=O)N(C)C)cc21. The summed E-state index contributed by atoms with van der Waals surface area (Å²) in [6.45, 7) is 8.11. The maximum absolute atomic E-state index is 14.6. The highest BCUT2D eigenvalue weighted by atomic mass is 32.2. The maximum atomic E-state index is 14.6. The van der Waals surface area contributed by atoms with Gasteiger partial charge in [-0.05, 0) is 107 Å². The van der Waals surface area contributed by atoms with Crippen molar-refractivity contribution in [1.82, 2.24) is 23.4 Å². The molecule has 3 aromatic rings. The topological polar surface area (TPSA) is 130 Å². The van der Waals surface area contributed by atoms with Crippen LogP contribution in [0, 0.1) is 0 Å². The van der Waals surface area contributed by atoms with Gasteiger partial charge in [-0.25, -0.2) is 9.52 Å². The molecule has 13 heteroatoms. The van der Waals surface area contributed by atoms with Gasteiger partial charge in [0.2, 0.25) is 0 Å². The third kappa shape index (κ3) is 7.82. The summed E-state index contributed by atoms with van der Waals surface area (Å²) in [5.41, 5.74) is 4.82. The van der Waals surface area contributed by atoms with Crippen molar-refractivity contribution < 1.29 is 32.3 Å². The minimum Gasteiger partial charge on any atom is -0.497 e. The summed E-state index contributed by atoms with van der Waals surface area (Å²) in [6, 6.07) is 11.0. The van der Waals surface area contributed by atoms with E-state index >= 15 is 0 Å². The zero-order valence-electron chi connectivity index (χ0n) is 32.2. The molecule has 0 spiro atoms. The lowest BCUT2D eigenvalue weighted by molar-refractivity contribution is -0.126. The molecule has 12 nitrogen and oxygen atoms in total. The maximum Gasteiger partial charge on any atom is 0.410 e. The molecule has 1 aromatic heterocycles. The molecule has 2 aromatic carbocycles. The van der Waals surface area contributed by atoms with E-state index in [0.717, 1.165) is 70.6 Å². The minimum absolute atomic E-state index is 0.0131. The summed E-state index contributed by atoms with van der Waals surface area (Å²) < 4.78 is 41.8. The van der Waals surface area contributed by atoms with E-state index in [2.05, 4.69) is 9.29 Å². The largest absolute Gasteiger partial charge is 0.497 e. The molecule has 6 rings (SSSR count). The second kappa shape index (κ2) is 14.8. The molecule has 2 fully saturated rings. The van der Waals surface area contributed by atoms with E-state index in [1.165, 1.54) is 26.1 Å². The molecule has 286 valence electrons. The molecule has 3 heterocycles. The van der Waals surface area contributed by atoms with Crippen molar-refractivity contribution in [1.29, 1.82) is 0 Å². The Morgan fingerprint density at radius 1 is 0.962 bits per heavy atom. The number of nitrogens with one attached hydrogen (secondary N) is 1. The number of carbonyl (C=O) groups excluding carboxylic acids is 3. The molecule has 2 unspecified atom stereocenters. The number of nitrogens with zero attached hydrogens (tertiary/aromatic N) is 4. The van der Waals surface area contributed by atoms with Crippen molar-refractivity contribution in [2.45, 2.75) is 103 Å². The summed E-state index contributed by atoms with van der Waals surface area (Å²) in [5, 5.41) is 0.982. The number of likely N-dealkylation sites (N-methyl/N-ethyl adjacent to an activating group) is 1. The predicted octanol–water partition coefficient (Wildman–Crippen LogP) is 6.54. The average molecular weight is 748 g/mol. The van der Waals surface area contributed by atoms with Gasteiger partial charge in [0.1, 0.15) is 11.4 Å². The van der Waals surface area contributed by atoms with Crippen LogP contribution in [0.4, 0.5) is 4.79 Å². The number of methoxy groups -OCH3 is 1. The highest BCUT2D eigenvalue weighted by Gasteiger charge is 2.39. The Bertz CT molecular complexity index is 2060. The summed E-state index contributed by atoms with van der Waals surface area (Å²) in [4.78, 5) is 44.7. The van der Waals surface area contributed by atoms with Gasteiger partial charge in [-0.15, -0.1) is 0 Å². The highest BCUT2D eigenvalue weighted by Crippen LogP contribution is 2.47. The second-order valence-electron chi connectivity index (χ2n) is 15.9. The lowest BCUT2D eigenvalue weighted by Crippen LogP contribution is -2.48. The molecule has 3 aliphatic rings. The quantitative estimate of drug-likeness (QED) is 0.277. The Morgan fingerprint density at radius 3 is 2.34 bits per heavy atom. The van der Waals surface area contributed by atoms with Gasteiger partial charge in [0, 0.05) is 61.3 Å². The molecule has 0 radical (unpaired) electrons. The summed E-state index contributed by atoms with van der Waals surface area (Å²) >= 11 is 0. The normalized spacial score (nSPS) is 19.3. The van der Waals surface area contributed by atoms with Gasteiger partial charge in [-0.1, -0.05) is 25.3 Å². The van der Waals surface area contributed by atoms with Crippen LogP contribution in [-0.2, 0) is 26.3 Å². The van der Waals surface area contributed by atoms with Crippen LogP contribution in [0.5, 0.6) is 5.75 Å². The van der Waals surface area contributed by atoms with Crippen LogP contribution in [0.1, 0.15) is 100 Å². The van der Waals surface area contributed by atoms with Crippen LogP contribution < -0.4 is 9.46 Å². The van der Waals surface area contributed by atoms with Gasteiger partial charge in [0.05, 0.1) is 25.4 Å². The molecule has 2 aliphatic heterocycles. The number of hydrogen-bond donors (Lipinski definition) is 1. The second-order valence-corrected chi connectivity index (χ2v) is 17.8. The van der Waals surface area contributed by atoms with Crippen molar-refractivity contribution >= 4 is 45.1 Å². The number of carbonyl (C=O) groups is 3. The fourth-order valence-corrected chi connectivity index (χ4v) is 8.65. The Hall–Kier alpha value is -4.36. The molecule has 1 N–H and O–H groups in total. The van der Waals surface area contributed by atoms with Crippen LogP contribution in [0.2, 0.25) is 0 Å². The lowest BCUT2D eigenvalue weighted by atomic mass is 9.81. The first kappa shape index (κ1) is 38.4. The van der Waals surface area contributed by atoms with Crippen molar-refractivity contribution in [2.24, 2.45) is 0 Å². The van der Waals surface area contributed by atoms with Gasteiger partial charge < -0.3 is 23.8 Å². The monoisotopic (exact) mass is 747 g/mol. The number of hydrogen-bond acceptors (Lipinski definition) is 7. The fraction of sp³-hybridized carbons (Fsp3) is 0.525. The van der Waals surface area contributed by atoms with E-state index in [1.807, 2.05) is 58.0 Å². The summed E-state index contributed by atoms with van der Waals surface area (Å²) in [6.07, 6.45) is 8.58. The molecule has 1 saturated heterocycles. The van der Waals surface area contributed by atoms with Gasteiger partial charge >= 0.3 is 16.3 Å². The highest BCUT2D eigenvalue weighted by molar-refractivity contribution is 7.87. The van der Waals surface area contributed by atoms with Gasteiger partial charge in [0.15, 0.2) is 0 Å². The smallest absolute Gasteiger partial charge is 0.410 e. The minimum atomic E-state index is -4.02. The third-order valence-electron chi connectivity index (χ3n) is 10.8. The van der Waals surface area contributed by atoms with Crippen LogP contribution in [0.3, 0.4) is 0 Å². The number of amides is 3. The number of ether oxygens (including phenoxy) is 2. The fourth-order valence-electron chi connectivity index (χ4n) is 8.12. The first-order valence-electron chi connectivity index (χ1n) is 18.6. The summed E-state index contributed by atoms with van der Waals surface area (Å²) in [7, 11) is 2.09. The van der Waals surface area contributed by atoms with Crippen molar-refractivity contribution in [3.63, 3.8) is 0 Å². The van der Waals surface area contributed by atoms with Gasteiger partial charge in [-0.3, -0.25) is 9.59 Å². The van der Waals surface area contributed by atoms with Crippen molar-refractivity contribution in [2.75, 3.05) is 34.8 Å². The molecule has 1 aliphatic carbocycles. The molecular weight excluding hydrogens is 695 g/mol. The van der Waals surface area contributed by atoms with Gasteiger partial charge in [0.25, 0.3) is 11.8 Å². The summed E-state index contributed by atoms with van der Waals surface area (Å²) in [5.74, 6) is 0.0238. The Kier molecular flexibility index (Phi) is 10.7. The van der Waals surface area contributed by atoms with E-state index in [4.69, 9.17) is 9.47 Å². The van der Waals surface area contributed by atoms with Crippen molar-refractivity contribution in [3.8, 4) is 17.0 Å². The number of aromatic nitrogens is 1. The van der Waals surface area contributed by atoms with E-state index < -0.39 is 21.7 Å². The first-order chi connectivity index (χ1) is 25.0. The first-order valence-corrected chi connectivity index (χ1v) is 20.0. The number of benzene rings is 2. The average Bonchev–Trinajstić information content (AvgIpc) is 3.57. The van der Waals surface area contributed by atoms with Gasteiger partial charge in [-0.2, -0.15) is 12.7 Å². The Labute approximate surface area is 313 Å². The standard InChI is InChI=1S/C40H53N5O7S/c1-25-14-16-30(45(25)39(48)52-40(2,3)4)24-43(7)38(47)29-20-28-21-31(51-8)17-19-32(28)36-35(26-12-10-9-11-13-26)33-18-15-27(22-34(33)44(36)23-29)37(46)41-53(49,50)42(5)6/h15,17-22,25-26,30H,9-14,16,23-24H2,1-8H3,(H,41,46). The molecule has 0 bridgehead atoms. The van der Waals surface area contributed by atoms with Crippen LogP contribution >= 0.6 is 0 Å². The van der Waals surface area contributed by atoms with E-state index in [-0.39, 0.29) is 42.1 Å². The zero-order chi connectivity index (χ0) is 38.4. The molecule has 3 amide bonds. The predicted molar refractivity (Wildman–Crippen MR) is 206 cm³/mol. The van der Waals surface area contributed by atoms with Crippen LogP contribution in [0.15, 0.2) is 42.0 Å². The number of fused-ring (bicyclic) bond motifs is 5. The lowest BCUT2D eigenvalue weighted by Gasteiger charge is -2.33. The van der Waals surface area contributed by atoms with E-state index in [1.54, 1.807) is 36.1 Å². The number of likely N-dealkylation sites (tertiary alicyclic amines) is 1. The van der Waals surface area contributed by atoms with Crippen molar-refractivity contribution in [3.05, 3.63) is 58.7 Å². The molecule has 53 heavy (non-hydrogen) atoms. The molecular formula is C40H53N5O7S. The molecule has 1 saturated carbocycles. The van der Waals surface area contributed by atoms with E-state index in [0.29, 0.717) is 17.9 Å². The zero-order valence-corrected chi connectivity index (χ0v) is 33.0. The Morgan fingerprint density at radius 2 is 1.68 bits per heavy atom.